The van der Waals surface area contributed by atoms with E-state index in [4.69, 9.17) is 37.4 Å². The summed E-state index contributed by atoms with van der Waals surface area (Å²) in [5.41, 5.74) is 1.94. The number of phenolic OH excluding ortho intramolecular Hbond substituents is 2. The molecule has 1 atom stereocenters. The number of phenols is 2. The molecule has 0 aliphatic rings. The molecule has 4 rings (SSSR count). The molecule has 11 heteroatoms. The molecule has 0 saturated heterocycles. The van der Waals surface area contributed by atoms with Gasteiger partial charge in [-0.25, -0.2) is 4.79 Å². The molecule has 0 spiro atoms. The summed E-state index contributed by atoms with van der Waals surface area (Å²) in [6.45, 7) is 0.411. The summed E-state index contributed by atoms with van der Waals surface area (Å²) in [5.74, 6) is -0.0786. The highest BCUT2D eigenvalue weighted by Crippen LogP contribution is 2.35. The van der Waals surface area contributed by atoms with Crippen molar-refractivity contribution in [2.24, 2.45) is 0 Å². The summed E-state index contributed by atoms with van der Waals surface area (Å²) < 4.78 is 16.6. The number of thiophene rings is 1. The standard InChI is InChI=1S/C28H26Cl2N2O6S/c1-36-24-8-6-16(11-25(24)37-2)17(10-19-20(29)13-31-14-21(19)30)15-38-28(35)26-9-7-18(39-26)12-32-22-4-3-5-23(33)27(22)34/h3-9,11,13-14,17,32-34H,10,12,15H2,1-2H3/t17-/m1/s1. The van der Waals surface area contributed by atoms with Crippen LogP contribution in [0.1, 0.15) is 31.6 Å². The van der Waals surface area contributed by atoms with Gasteiger partial charge in [0.05, 0.1) is 36.6 Å². The summed E-state index contributed by atoms with van der Waals surface area (Å²) in [6.07, 6.45) is 3.45. The van der Waals surface area contributed by atoms with Crippen LogP contribution in [0.2, 0.25) is 10.0 Å². The molecule has 0 amide bonds. The van der Waals surface area contributed by atoms with E-state index in [1.165, 1.54) is 29.8 Å². The highest BCUT2D eigenvalue weighted by atomic mass is 35.5. The summed E-state index contributed by atoms with van der Waals surface area (Å²) in [5, 5.41) is 23.5. The normalized spacial score (nSPS) is 11.6. The second kappa shape index (κ2) is 12.9. The summed E-state index contributed by atoms with van der Waals surface area (Å²) in [7, 11) is 3.11. The van der Waals surface area contributed by atoms with Crippen molar-refractivity contribution in [2.45, 2.75) is 18.9 Å². The minimum atomic E-state index is -0.469. The number of hydrogen-bond donors (Lipinski definition) is 3. The van der Waals surface area contributed by atoms with Crippen LogP contribution < -0.4 is 14.8 Å². The number of halogens is 2. The zero-order valence-electron chi connectivity index (χ0n) is 21.1. The number of anilines is 1. The van der Waals surface area contributed by atoms with E-state index in [2.05, 4.69) is 10.3 Å². The molecule has 2 aromatic heterocycles. The van der Waals surface area contributed by atoms with E-state index in [-0.39, 0.29) is 24.0 Å². The number of benzene rings is 2. The molecule has 0 aliphatic heterocycles. The summed E-state index contributed by atoms with van der Waals surface area (Å²) >= 11 is 14.0. The van der Waals surface area contributed by atoms with Gasteiger partial charge >= 0.3 is 5.97 Å². The fraction of sp³-hybridized carbons (Fsp3) is 0.214. The minimum absolute atomic E-state index is 0.0615. The number of carbonyl (C=O) groups excluding carboxylic acids is 1. The number of esters is 1. The van der Waals surface area contributed by atoms with Crippen LogP contribution in [0, 0.1) is 0 Å². The number of para-hydroxylation sites is 1. The first-order chi connectivity index (χ1) is 18.8. The van der Waals surface area contributed by atoms with Crippen molar-refractivity contribution in [1.82, 2.24) is 4.98 Å². The van der Waals surface area contributed by atoms with Crippen molar-refractivity contribution in [2.75, 3.05) is 26.1 Å². The molecule has 0 bridgehead atoms. The van der Waals surface area contributed by atoms with Gasteiger partial charge in [-0.3, -0.25) is 4.98 Å². The van der Waals surface area contributed by atoms with E-state index in [1.54, 1.807) is 44.6 Å². The molecule has 39 heavy (non-hydrogen) atoms. The zero-order chi connectivity index (χ0) is 27.9. The molecule has 0 fully saturated rings. The molecular weight excluding hydrogens is 563 g/mol. The Balaban J connectivity index is 1.48. The van der Waals surface area contributed by atoms with E-state index in [0.29, 0.717) is 50.6 Å². The number of aromatic nitrogens is 1. The first kappa shape index (κ1) is 28.4. The van der Waals surface area contributed by atoms with Gasteiger partial charge in [0, 0.05) is 29.7 Å². The van der Waals surface area contributed by atoms with Gasteiger partial charge in [-0.15, -0.1) is 11.3 Å². The van der Waals surface area contributed by atoms with Crippen LogP contribution in [0.3, 0.4) is 0 Å². The van der Waals surface area contributed by atoms with Crippen LogP contribution >= 0.6 is 34.5 Å². The van der Waals surface area contributed by atoms with Gasteiger partial charge in [0.1, 0.15) is 4.88 Å². The van der Waals surface area contributed by atoms with Crippen LogP contribution in [-0.4, -0.2) is 42.0 Å². The maximum Gasteiger partial charge on any atom is 0.348 e. The number of rotatable bonds is 11. The van der Waals surface area contributed by atoms with Crippen molar-refractivity contribution >= 4 is 46.2 Å². The Hall–Kier alpha value is -3.66. The average Bonchev–Trinajstić information content (AvgIpc) is 3.42. The van der Waals surface area contributed by atoms with Crippen LogP contribution in [-0.2, 0) is 17.7 Å². The lowest BCUT2D eigenvalue weighted by atomic mass is 9.92. The topological polar surface area (TPSA) is 110 Å². The van der Waals surface area contributed by atoms with Gasteiger partial charge in [-0.05, 0) is 53.9 Å². The number of ether oxygens (including phenoxy) is 3. The van der Waals surface area contributed by atoms with E-state index in [1.807, 2.05) is 12.1 Å². The smallest absolute Gasteiger partial charge is 0.348 e. The Labute approximate surface area is 239 Å². The van der Waals surface area contributed by atoms with Gasteiger partial charge in [0.25, 0.3) is 0 Å². The third kappa shape index (κ3) is 6.86. The third-order valence-corrected chi connectivity index (χ3v) is 7.74. The summed E-state index contributed by atoms with van der Waals surface area (Å²) in [4.78, 5) is 18.3. The van der Waals surface area contributed by atoms with E-state index < -0.39 is 5.97 Å². The number of carbonyl (C=O) groups is 1. The molecule has 0 saturated carbocycles. The lowest BCUT2D eigenvalue weighted by Crippen LogP contribution is -2.15. The number of pyridine rings is 1. The lowest BCUT2D eigenvalue weighted by Gasteiger charge is -2.20. The Morgan fingerprint density at radius 2 is 1.77 bits per heavy atom. The molecule has 2 aromatic carbocycles. The number of aromatic hydroxyl groups is 2. The van der Waals surface area contributed by atoms with Crippen molar-refractivity contribution < 1.29 is 29.2 Å². The number of methoxy groups -OCH3 is 2. The first-order valence-electron chi connectivity index (χ1n) is 11.8. The molecule has 2 heterocycles. The molecule has 4 aromatic rings. The predicted octanol–water partition coefficient (Wildman–Crippen LogP) is 6.67. The monoisotopic (exact) mass is 588 g/mol. The Kier molecular flexibility index (Phi) is 9.40. The predicted molar refractivity (Wildman–Crippen MR) is 152 cm³/mol. The largest absolute Gasteiger partial charge is 0.504 e. The Bertz CT molecular complexity index is 1440. The van der Waals surface area contributed by atoms with Crippen molar-refractivity contribution in [3.63, 3.8) is 0 Å². The first-order valence-corrected chi connectivity index (χ1v) is 13.4. The minimum Gasteiger partial charge on any atom is -0.504 e. The fourth-order valence-corrected chi connectivity index (χ4v) is 5.31. The second-order valence-electron chi connectivity index (χ2n) is 8.49. The van der Waals surface area contributed by atoms with Crippen LogP contribution in [0.5, 0.6) is 23.0 Å². The quantitative estimate of drug-likeness (QED) is 0.131. The van der Waals surface area contributed by atoms with Crippen molar-refractivity contribution in [3.05, 3.63) is 91.9 Å². The number of nitrogens with one attached hydrogen (secondary N) is 1. The van der Waals surface area contributed by atoms with Crippen molar-refractivity contribution in [1.29, 1.82) is 0 Å². The maximum absolute atomic E-state index is 13.0. The Morgan fingerprint density at radius 1 is 1.03 bits per heavy atom. The molecule has 0 unspecified atom stereocenters. The molecule has 3 N–H and O–H groups in total. The highest BCUT2D eigenvalue weighted by Gasteiger charge is 2.22. The molecule has 0 aliphatic carbocycles. The Morgan fingerprint density at radius 3 is 2.49 bits per heavy atom. The molecule has 8 nitrogen and oxygen atoms in total. The lowest BCUT2D eigenvalue weighted by molar-refractivity contribution is 0.0484. The van der Waals surface area contributed by atoms with Crippen molar-refractivity contribution in [3.8, 4) is 23.0 Å². The summed E-state index contributed by atoms with van der Waals surface area (Å²) in [6, 6.07) is 13.7. The SMILES string of the molecule is COc1ccc([C@@H](COC(=O)c2ccc(CNc3cccc(O)c3O)s2)Cc2c(Cl)cncc2Cl)cc1OC. The molecule has 0 radical (unpaired) electrons. The van der Waals surface area contributed by atoms with Gasteiger partial charge in [0.15, 0.2) is 23.0 Å². The van der Waals surface area contributed by atoms with Crippen LogP contribution in [0.4, 0.5) is 5.69 Å². The van der Waals surface area contributed by atoms with Crippen LogP contribution in [0.25, 0.3) is 0 Å². The van der Waals surface area contributed by atoms with Gasteiger partial charge in [-0.1, -0.05) is 35.3 Å². The van der Waals surface area contributed by atoms with Gasteiger partial charge in [-0.2, -0.15) is 0 Å². The average molecular weight is 589 g/mol. The van der Waals surface area contributed by atoms with E-state index in [9.17, 15) is 15.0 Å². The number of hydrogen-bond acceptors (Lipinski definition) is 9. The second-order valence-corrected chi connectivity index (χ2v) is 10.5. The molecular formula is C28H26Cl2N2O6S. The maximum atomic E-state index is 13.0. The van der Waals surface area contributed by atoms with E-state index in [0.717, 1.165) is 10.4 Å². The number of nitrogens with zero attached hydrogens (tertiary/aromatic N) is 1. The molecule has 204 valence electrons. The van der Waals surface area contributed by atoms with E-state index >= 15 is 0 Å². The highest BCUT2D eigenvalue weighted by molar-refractivity contribution is 7.13. The van der Waals surface area contributed by atoms with Gasteiger partial charge < -0.3 is 29.7 Å². The van der Waals surface area contributed by atoms with Crippen LogP contribution in [0.15, 0.2) is 60.9 Å². The fourth-order valence-electron chi connectivity index (χ4n) is 3.95. The van der Waals surface area contributed by atoms with Gasteiger partial charge in [0.2, 0.25) is 0 Å². The third-order valence-electron chi connectivity index (χ3n) is 6.03. The zero-order valence-corrected chi connectivity index (χ0v) is 23.4.